The molecule has 3 aromatic carbocycles. The minimum absolute atomic E-state index is 0.0613. The molecule has 1 heterocycles. The van der Waals surface area contributed by atoms with Gasteiger partial charge in [-0.15, -0.1) is 0 Å². The minimum Gasteiger partial charge on any atom is -0.457 e. The lowest BCUT2D eigenvalue weighted by molar-refractivity contribution is -0.115. The van der Waals surface area contributed by atoms with Crippen LogP contribution >= 0.6 is 15.9 Å². The average Bonchev–Trinajstić information content (AvgIpc) is 2.75. The van der Waals surface area contributed by atoms with Crippen molar-refractivity contribution in [2.75, 3.05) is 5.32 Å². The van der Waals surface area contributed by atoms with Crippen LogP contribution in [-0.2, 0) is 18.3 Å². The number of hydrogen-bond donors (Lipinski definition) is 1. The Kier molecular flexibility index (Phi) is 5.63. The normalized spacial score (nSPS) is 10.7. The molecule has 4 aromatic rings. The zero-order valence-corrected chi connectivity index (χ0v) is 17.7. The van der Waals surface area contributed by atoms with Crippen LogP contribution in [0.1, 0.15) is 5.69 Å². The number of hydrogen-bond acceptors (Lipinski definition) is 4. The summed E-state index contributed by atoms with van der Waals surface area (Å²) in [5.74, 6) is 1.18. The van der Waals surface area contributed by atoms with Gasteiger partial charge in [0.1, 0.15) is 11.5 Å². The SMILES string of the molecule is Cn1nc(CC(=O)Nc2ccc(Oc3ccc(Br)cc3)cc2)c2ccccc2c1=O. The van der Waals surface area contributed by atoms with Crippen LogP contribution in [0.5, 0.6) is 11.5 Å². The highest BCUT2D eigenvalue weighted by atomic mass is 79.9. The van der Waals surface area contributed by atoms with Crippen molar-refractivity contribution < 1.29 is 9.53 Å². The fourth-order valence-corrected chi connectivity index (χ4v) is 3.37. The molecule has 0 radical (unpaired) electrons. The van der Waals surface area contributed by atoms with Gasteiger partial charge < -0.3 is 10.1 Å². The molecule has 0 aliphatic heterocycles. The second kappa shape index (κ2) is 8.51. The van der Waals surface area contributed by atoms with Crippen LogP contribution in [0.15, 0.2) is 82.1 Å². The molecule has 0 bridgehead atoms. The van der Waals surface area contributed by atoms with Gasteiger partial charge in [0.2, 0.25) is 5.91 Å². The summed E-state index contributed by atoms with van der Waals surface area (Å²) in [5.41, 5.74) is 1.02. The zero-order valence-electron chi connectivity index (χ0n) is 16.1. The van der Waals surface area contributed by atoms with E-state index in [1.165, 1.54) is 4.68 Å². The molecule has 0 saturated heterocycles. The standard InChI is InChI=1S/C23H18BrN3O3/c1-27-23(29)20-5-3-2-4-19(20)21(26-27)14-22(28)25-16-8-12-18(13-9-16)30-17-10-6-15(24)7-11-17/h2-13H,14H2,1H3,(H,25,28). The van der Waals surface area contributed by atoms with E-state index in [9.17, 15) is 9.59 Å². The van der Waals surface area contributed by atoms with E-state index in [0.29, 0.717) is 27.9 Å². The van der Waals surface area contributed by atoms with Crippen LogP contribution < -0.4 is 15.6 Å². The van der Waals surface area contributed by atoms with Gasteiger partial charge in [0.05, 0.1) is 17.5 Å². The van der Waals surface area contributed by atoms with Crippen LogP contribution in [-0.4, -0.2) is 15.7 Å². The molecule has 1 aromatic heterocycles. The molecule has 0 saturated carbocycles. The van der Waals surface area contributed by atoms with Gasteiger partial charge in [-0.05, 0) is 54.6 Å². The second-order valence-electron chi connectivity index (χ2n) is 6.73. The molecule has 1 N–H and O–H groups in total. The number of carbonyl (C=O) groups is 1. The van der Waals surface area contributed by atoms with E-state index in [4.69, 9.17) is 4.74 Å². The first kappa shape index (κ1) is 19.8. The van der Waals surface area contributed by atoms with E-state index in [0.717, 1.165) is 10.2 Å². The number of nitrogens with one attached hydrogen (secondary N) is 1. The quantitative estimate of drug-likeness (QED) is 0.466. The predicted molar refractivity (Wildman–Crippen MR) is 120 cm³/mol. The van der Waals surface area contributed by atoms with Crippen molar-refractivity contribution in [3.05, 3.63) is 93.3 Å². The molecule has 0 aliphatic carbocycles. The molecule has 4 rings (SSSR count). The fraction of sp³-hybridized carbons (Fsp3) is 0.0870. The van der Waals surface area contributed by atoms with Gasteiger partial charge in [-0.2, -0.15) is 5.10 Å². The van der Waals surface area contributed by atoms with Gasteiger partial charge in [-0.1, -0.05) is 34.1 Å². The Labute approximate surface area is 181 Å². The topological polar surface area (TPSA) is 73.2 Å². The number of amides is 1. The summed E-state index contributed by atoms with van der Waals surface area (Å²) in [5, 5.41) is 8.37. The number of halogens is 1. The van der Waals surface area contributed by atoms with Gasteiger partial charge in [-0.25, -0.2) is 4.68 Å². The second-order valence-corrected chi connectivity index (χ2v) is 7.64. The number of carbonyl (C=O) groups excluding carboxylic acids is 1. The number of fused-ring (bicyclic) bond motifs is 1. The number of nitrogens with zero attached hydrogens (tertiary/aromatic N) is 2. The highest BCUT2D eigenvalue weighted by molar-refractivity contribution is 9.10. The maximum atomic E-state index is 12.6. The van der Waals surface area contributed by atoms with Gasteiger partial charge in [0.25, 0.3) is 5.56 Å². The first-order chi connectivity index (χ1) is 14.5. The zero-order chi connectivity index (χ0) is 21.1. The fourth-order valence-electron chi connectivity index (χ4n) is 3.11. The summed E-state index contributed by atoms with van der Waals surface area (Å²) >= 11 is 3.39. The Balaban J connectivity index is 1.46. The summed E-state index contributed by atoms with van der Waals surface area (Å²) in [6, 6.07) is 21.8. The highest BCUT2D eigenvalue weighted by Gasteiger charge is 2.12. The van der Waals surface area contributed by atoms with Crippen molar-refractivity contribution in [3.63, 3.8) is 0 Å². The van der Waals surface area contributed by atoms with E-state index in [2.05, 4.69) is 26.3 Å². The Morgan fingerprint density at radius 2 is 1.57 bits per heavy atom. The molecule has 30 heavy (non-hydrogen) atoms. The molecule has 150 valence electrons. The van der Waals surface area contributed by atoms with Gasteiger partial charge >= 0.3 is 0 Å². The molecule has 0 spiro atoms. The van der Waals surface area contributed by atoms with Crippen molar-refractivity contribution >= 4 is 38.3 Å². The number of benzene rings is 3. The Bertz CT molecular complexity index is 1270. The first-order valence-corrected chi connectivity index (χ1v) is 10.1. The molecule has 0 unspecified atom stereocenters. The van der Waals surface area contributed by atoms with Crippen molar-refractivity contribution in [2.24, 2.45) is 7.05 Å². The van der Waals surface area contributed by atoms with E-state index < -0.39 is 0 Å². The average molecular weight is 464 g/mol. The Morgan fingerprint density at radius 3 is 2.23 bits per heavy atom. The number of aryl methyl sites for hydroxylation is 1. The molecule has 1 amide bonds. The third kappa shape index (κ3) is 4.41. The maximum Gasteiger partial charge on any atom is 0.274 e. The van der Waals surface area contributed by atoms with Gasteiger partial charge in [-0.3, -0.25) is 9.59 Å². The molecular weight excluding hydrogens is 446 g/mol. The first-order valence-electron chi connectivity index (χ1n) is 9.28. The minimum atomic E-state index is -0.215. The third-order valence-electron chi connectivity index (χ3n) is 4.55. The monoisotopic (exact) mass is 463 g/mol. The third-order valence-corrected chi connectivity index (χ3v) is 5.08. The number of rotatable bonds is 5. The summed E-state index contributed by atoms with van der Waals surface area (Å²) in [6.45, 7) is 0. The Hall–Kier alpha value is -3.45. The van der Waals surface area contributed by atoms with Crippen LogP contribution in [0.3, 0.4) is 0 Å². The Morgan fingerprint density at radius 1 is 0.967 bits per heavy atom. The van der Waals surface area contributed by atoms with E-state index in [-0.39, 0.29) is 17.9 Å². The summed E-state index contributed by atoms with van der Waals surface area (Å²) in [6.07, 6.45) is 0.0613. The van der Waals surface area contributed by atoms with Crippen LogP contribution in [0.4, 0.5) is 5.69 Å². The van der Waals surface area contributed by atoms with Crippen LogP contribution in [0, 0.1) is 0 Å². The highest BCUT2D eigenvalue weighted by Crippen LogP contribution is 2.24. The molecular formula is C23H18BrN3O3. The lowest BCUT2D eigenvalue weighted by Gasteiger charge is -2.10. The molecule has 0 atom stereocenters. The molecule has 0 fully saturated rings. The van der Waals surface area contributed by atoms with Crippen LogP contribution in [0.2, 0.25) is 0 Å². The van der Waals surface area contributed by atoms with Crippen molar-refractivity contribution in [1.29, 1.82) is 0 Å². The largest absolute Gasteiger partial charge is 0.457 e. The van der Waals surface area contributed by atoms with Gasteiger partial charge in [0, 0.05) is 22.6 Å². The van der Waals surface area contributed by atoms with E-state index >= 15 is 0 Å². The predicted octanol–water partition coefficient (Wildman–Crippen LogP) is 4.67. The smallest absolute Gasteiger partial charge is 0.274 e. The molecule has 7 heteroatoms. The van der Waals surface area contributed by atoms with Gasteiger partial charge in [0.15, 0.2) is 0 Å². The summed E-state index contributed by atoms with van der Waals surface area (Å²) in [4.78, 5) is 24.8. The lowest BCUT2D eigenvalue weighted by Crippen LogP contribution is -2.24. The summed E-state index contributed by atoms with van der Waals surface area (Å²) < 4.78 is 8.03. The number of ether oxygens (including phenoxy) is 1. The van der Waals surface area contributed by atoms with E-state index in [1.807, 2.05) is 30.3 Å². The molecule has 0 aliphatic rings. The maximum absolute atomic E-state index is 12.6. The van der Waals surface area contributed by atoms with Crippen molar-refractivity contribution in [2.45, 2.75) is 6.42 Å². The molecule has 6 nitrogen and oxygen atoms in total. The summed E-state index contributed by atoms with van der Waals surface area (Å²) in [7, 11) is 1.58. The lowest BCUT2D eigenvalue weighted by atomic mass is 10.1. The number of aromatic nitrogens is 2. The number of anilines is 1. The van der Waals surface area contributed by atoms with Crippen LogP contribution in [0.25, 0.3) is 10.8 Å². The van der Waals surface area contributed by atoms with E-state index in [1.54, 1.807) is 49.5 Å². The van der Waals surface area contributed by atoms with Crippen molar-refractivity contribution in [3.8, 4) is 11.5 Å². The van der Waals surface area contributed by atoms with Crippen molar-refractivity contribution in [1.82, 2.24) is 9.78 Å².